The largest absolute Gasteiger partial charge is 0.352 e. The van der Waals surface area contributed by atoms with Crippen LogP contribution >= 0.6 is 0 Å². The van der Waals surface area contributed by atoms with Crippen LogP contribution in [-0.2, 0) is 6.42 Å². The van der Waals surface area contributed by atoms with Gasteiger partial charge in [-0.1, -0.05) is 30.3 Å². The van der Waals surface area contributed by atoms with E-state index in [0.29, 0.717) is 17.8 Å². The van der Waals surface area contributed by atoms with Crippen LogP contribution in [0.5, 0.6) is 0 Å². The summed E-state index contributed by atoms with van der Waals surface area (Å²) in [6.07, 6.45) is 3.91. The molecule has 3 rings (SSSR count). The van der Waals surface area contributed by atoms with Gasteiger partial charge in [-0.15, -0.1) is 0 Å². The highest BCUT2D eigenvalue weighted by atomic mass is 19.1. The topological polar surface area (TPSA) is 46.9 Å². The predicted molar refractivity (Wildman–Crippen MR) is 86.0 cm³/mol. The number of hydrogen-bond acceptors (Lipinski definition) is 2. The van der Waals surface area contributed by atoms with E-state index in [1.807, 2.05) is 30.3 Å². The second-order valence-electron chi connectivity index (χ2n) is 5.14. The molecule has 0 saturated carbocycles. The Balaban J connectivity index is 1.59. The van der Waals surface area contributed by atoms with Crippen molar-refractivity contribution in [3.63, 3.8) is 0 Å². The van der Waals surface area contributed by atoms with E-state index in [2.05, 4.69) is 10.4 Å². The van der Waals surface area contributed by atoms with Crippen molar-refractivity contribution in [1.29, 1.82) is 0 Å². The zero-order valence-electron chi connectivity index (χ0n) is 12.4. The molecule has 3 aromatic rings. The Kier molecular flexibility index (Phi) is 4.47. The number of amides is 1. The molecule has 0 spiro atoms. The lowest BCUT2D eigenvalue weighted by molar-refractivity contribution is 0.0954. The minimum atomic E-state index is -0.306. The number of nitrogens with one attached hydrogen (secondary N) is 1. The van der Waals surface area contributed by atoms with Crippen molar-refractivity contribution in [3.05, 3.63) is 83.9 Å². The summed E-state index contributed by atoms with van der Waals surface area (Å²) in [5.41, 5.74) is 2.35. The van der Waals surface area contributed by atoms with Gasteiger partial charge in [-0.3, -0.25) is 4.79 Å². The van der Waals surface area contributed by atoms with E-state index in [9.17, 15) is 9.18 Å². The van der Waals surface area contributed by atoms with Gasteiger partial charge in [0.1, 0.15) is 5.82 Å². The Morgan fingerprint density at radius 3 is 2.57 bits per heavy atom. The average Bonchev–Trinajstić information content (AvgIpc) is 3.06. The van der Waals surface area contributed by atoms with Gasteiger partial charge in [-0.25, -0.2) is 9.07 Å². The van der Waals surface area contributed by atoms with Crippen LogP contribution in [0.25, 0.3) is 5.69 Å². The van der Waals surface area contributed by atoms with Gasteiger partial charge in [0.25, 0.3) is 5.91 Å². The van der Waals surface area contributed by atoms with Crippen molar-refractivity contribution >= 4 is 5.91 Å². The van der Waals surface area contributed by atoms with Crippen LogP contribution in [0.3, 0.4) is 0 Å². The van der Waals surface area contributed by atoms with Gasteiger partial charge in [-0.2, -0.15) is 5.10 Å². The zero-order valence-corrected chi connectivity index (χ0v) is 12.4. The van der Waals surface area contributed by atoms with Crippen molar-refractivity contribution < 1.29 is 9.18 Å². The Bertz CT molecular complexity index is 782. The Hall–Kier alpha value is -2.95. The molecule has 0 aliphatic heterocycles. The molecule has 0 radical (unpaired) electrons. The molecule has 0 saturated heterocycles. The van der Waals surface area contributed by atoms with Crippen LogP contribution in [0.1, 0.15) is 15.9 Å². The molecule has 1 aromatic heterocycles. The normalized spacial score (nSPS) is 10.5. The summed E-state index contributed by atoms with van der Waals surface area (Å²) in [5, 5.41) is 7.01. The first-order valence-corrected chi connectivity index (χ1v) is 7.35. The van der Waals surface area contributed by atoms with Crippen molar-refractivity contribution in [1.82, 2.24) is 15.1 Å². The molecular formula is C18H16FN3O. The third-order valence-electron chi connectivity index (χ3n) is 3.48. The van der Waals surface area contributed by atoms with Gasteiger partial charge in [-0.05, 0) is 36.2 Å². The second kappa shape index (κ2) is 6.87. The maximum atomic E-state index is 12.9. The molecular weight excluding hydrogens is 293 g/mol. The molecule has 0 unspecified atom stereocenters. The van der Waals surface area contributed by atoms with Crippen LogP contribution < -0.4 is 5.32 Å². The first-order chi connectivity index (χ1) is 11.2. The number of carbonyl (C=O) groups excluding carboxylic acids is 1. The van der Waals surface area contributed by atoms with Gasteiger partial charge in [0.15, 0.2) is 0 Å². The van der Waals surface area contributed by atoms with Crippen LogP contribution in [0.2, 0.25) is 0 Å². The number of rotatable bonds is 5. The molecule has 1 amide bonds. The average molecular weight is 309 g/mol. The van der Waals surface area contributed by atoms with Crippen LogP contribution in [-0.4, -0.2) is 22.2 Å². The van der Waals surface area contributed by atoms with Gasteiger partial charge in [0.05, 0.1) is 17.4 Å². The smallest absolute Gasteiger partial charge is 0.254 e. The van der Waals surface area contributed by atoms with Crippen LogP contribution in [0.4, 0.5) is 4.39 Å². The summed E-state index contributed by atoms with van der Waals surface area (Å²) in [6.45, 7) is 0.560. The van der Waals surface area contributed by atoms with Gasteiger partial charge < -0.3 is 5.32 Å². The molecule has 0 atom stereocenters. The summed E-state index contributed by atoms with van der Waals surface area (Å²) in [5.74, 6) is -0.478. The number of aromatic nitrogens is 2. The van der Waals surface area contributed by atoms with E-state index in [0.717, 1.165) is 6.42 Å². The molecule has 0 bridgehead atoms. The molecule has 0 aliphatic carbocycles. The van der Waals surface area contributed by atoms with Gasteiger partial charge in [0.2, 0.25) is 0 Å². The monoisotopic (exact) mass is 309 g/mol. The molecule has 4 nitrogen and oxygen atoms in total. The maximum Gasteiger partial charge on any atom is 0.254 e. The fourth-order valence-electron chi connectivity index (χ4n) is 2.24. The Morgan fingerprint density at radius 2 is 1.83 bits per heavy atom. The Morgan fingerprint density at radius 1 is 1.09 bits per heavy atom. The predicted octanol–water partition coefficient (Wildman–Crippen LogP) is 2.98. The standard InChI is InChI=1S/C18H16FN3O/c19-16-6-8-17(9-7-16)22-13-15(12-21-22)18(23)20-11-10-14-4-2-1-3-5-14/h1-9,12-13H,10-11H2,(H,20,23). The number of halogens is 1. The third-order valence-corrected chi connectivity index (χ3v) is 3.48. The molecule has 116 valence electrons. The number of carbonyl (C=O) groups is 1. The van der Waals surface area contributed by atoms with Gasteiger partial charge in [0, 0.05) is 12.7 Å². The highest BCUT2D eigenvalue weighted by molar-refractivity contribution is 5.93. The fraction of sp³-hybridized carbons (Fsp3) is 0.111. The molecule has 23 heavy (non-hydrogen) atoms. The third kappa shape index (κ3) is 3.83. The number of benzene rings is 2. The first kappa shape index (κ1) is 15.0. The maximum absolute atomic E-state index is 12.9. The molecule has 2 aromatic carbocycles. The van der Waals surface area contributed by atoms with Crippen molar-refractivity contribution in [3.8, 4) is 5.69 Å². The molecule has 1 N–H and O–H groups in total. The fourth-order valence-corrected chi connectivity index (χ4v) is 2.24. The minimum Gasteiger partial charge on any atom is -0.352 e. The SMILES string of the molecule is O=C(NCCc1ccccc1)c1cnn(-c2ccc(F)cc2)c1. The lowest BCUT2D eigenvalue weighted by Crippen LogP contribution is -2.25. The summed E-state index contributed by atoms with van der Waals surface area (Å²) in [4.78, 5) is 12.1. The van der Waals surface area contributed by atoms with Crippen molar-refractivity contribution in [2.45, 2.75) is 6.42 Å². The van der Waals surface area contributed by atoms with E-state index in [4.69, 9.17) is 0 Å². The van der Waals surface area contributed by atoms with Crippen LogP contribution in [0.15, 0.2) is 67.0 Å². The summed E-state index contributed by atoms with van der Waals surface area (Å²) in [6, 6.07) is 15.9. The van der Waals surface area contributed by atoms with E-state index in [-0.39, 0.29) is 11.7 Å². The highest BCUT2D eigenvalue weighted by Gasteiger charge is 2.09. The lowest BCUT2D eigenvalue weighted by Gasteiger charge is -2.03. The minimum absolute atomic E-state index is 0.172. The second-order valence-corrected chi connectivity index (χ2v) is 5.14. The number of nitrogens with zero attached hydrogens (tertiary/aromatic N) is 2. The first-order valence-electron chi connectivity index (χ1n) is 7.35. The zero-order chi connectivity index (χ0) is 16.1. The molecule has 5 heteroatoms. The summed E-state index contributed by atoms with van der Waals surface area (Å²) < 4.78 is 14.5. The van der Waals surface area contributed by atoms with Gasteiger partial charge >= 0.3 is 0 Å². The molecule has 0 fully saturated rings. The van der Waals surface area contributed by atoms with E-state index >= 15 is 0 Å². The van der Waals surface area contributed by atoms with E-state index in [1.165, 1.54) is 23.9 Å². The molecule has 0 aliphatic rings. The number of hydrogen-bond donors (Lipinski definition) is 1. The van der Waals surface area contributed by atoms with Crippen molar-refractivity contribution in [2.24, 2.45) is 0 Å². The summed E-state index contributed by atoms with van der Waals surface area (Å²) >= 11 is 0. The van der Waals surface area contributed by atoms with E-state index < -0.39 is 0 Å². The highest BCUT2D eigenvalue weighted by Crippen LogP contribution is 2.09. The molecule has 1 heterocycles. The van der Waals surface area contributed by atoms with Crippen LogP contribution in [0, 0.1) is 5.82 Å². The quantitative estimate of drug-likeness (QED) is 0.787. The van der Waals surface area contributed by atoms with Crippen molar-refractivity contribution in [2.75, 3.05) is 6.54 Å². The summed E-state index contributed by atoms with van der Waals surface area (Å²) in [7, 11) is 0. The Labute approximate surface area is 133 Å². The van der Waals surface area contributed by atoms with E-state index in [1.54, 1.807) is 23.0 Å². The lowest BCUT2D eigenvalue weighted by atomic mass is 10.1.